The summed E-state index contributed by atoms with van der Waals surface area (Å²) < 4.78 is 0. The number of rotatable bonds is 6. The van der Waals surface area contributed by atoms with Crippen LogP contribution in [-0.2, 0) is 0 Å². The lowest BCUT2D eigenvalue weighted by Gasteiger charge is -2.21. The Morgan fingerprint density at radius 2 is 1.75 bits per heavy atom. The van der Waals surface area contributed by atoms with Crippen molar-refractivity contribution in [2.45, 2.75) is 45.4 Å². The normalized spacial score (nSPS) is 16.8. The average Bonchev–Trinajstić information content (AvgIpc) is 2.29. The highest BCUT2D eigenvalue weighted by molar-refractivity contribution is 6.20. The number of hydrogen-bond acceptors (Lipinski definition) is 0. The summed E-state index contributed by atoms with van der Waals surface area (Å²) in [5.41, 5.74) is 1.25. The zero-order chi connectivity index (χ0) is 12.0. The Hall–Kier alpha value is -0.490. The average molecular weight is 239 g/mol. The highest BCUT2D eigenvalue weighted by atomic mass is 35.5. The second-order valence-corrected chi connectivity index (χ2v) is 5.39. The maximum Gasteiger partial charge on any atom is 0.0610 e. The zero-order valence-electron chi connectivity index (χ0n) is 10.6. The predicted molar refractivity (Wildman–Crippen MR) is 72.9 cm³/mol. The fourth-order valence-corrected chi connectivity index (χ4v) is 2.58. The van der Waals surface area contributed by atoms with Crippen LogP contribution in [0.4, 0.5) is 0 Å². The van der Waals surface area contributed by atoms with Crippen LogP contribution in [0.25, 0.3) is 0 Å². The summed E-state index contributed by atoms with van der Waals surface area (Å²) in [5, 5.41) is 0.153. The lowest BCUT2D eigenvalue weighted by atomic mass is 9.89. The van der Waals surface area contributed by atoms with E-state index in [2.05, 4.69) is 45.0 Å². The third-order valence-corrected chi connectivity index (χ3v) is 3.86. The lowest BCUT2D eigenvalue weighted by molar-refractivity contribution is 0.383. The minimum atomic E-state index is 0.153. The van der Waals surface area contributed by atoms with Crippen LogP contribution in [0.3, 0.4) is 0 Å². The molecule has 90 valence electrons. The maximum atomic E-state index is 6.50. The van der Waals surface area contributed by atoms with Gasteiger partial charge in [0.25, 0.3) is 0 Å². The predicted octanol–water partition coefficient (Wildman–Crippen LogP) is 5.43. The van der Waals surface area contributed by atoms with Crippen molar-refractivity contribution in [3.63, 3.8) is 0 Å². The first-order valence-electron chi connectivity index (χ1n) is 6.34. The molecule has 0 nitrogen and oxygen atoms in total. The van der Waals surface area contributed by atoms with Crippen LogP contribution in [0.5, 0.6) is 0 Å². The molecule has 0 radical (unpaired) electrons. The highest BCUT2D eigenvalue weighted by Gasteiger charge is 2.18. The third kappa shape index (κ3) is 4.17. The SMILES string of the molecule is CCCC(C)CC(C)C(Cl)c1ccccc1. The Bertz CT molecular complexity index is 281. The van der Waals surface area contributed by atoms with Gasteiger partial charge in [0, 0.05) is 0 Å². The van der Waals surface area contributed by atoms with E-state index in [1.165, 1.54) is 24.8 Å². The Morgan fingerprint density at radius 1 is 1.12 bits per heavy atom. The summed E-state index contributed by atoms with van der Waals surface area (Å²) in [6, 6.07) is 10.4. The van der Waals surface area contributed by atoms with Crippen LogP contribution in [0.1, 0.15) is 51.0 Å². The van der Waals surface area contributed by atoms with E-state index >= 15 is 0 Å². The van der Waals surface area contributed by atoms with Gasteiger partial charge in [-0.15, -0.1) is 11.6 Å². The Balaban J connectivity index is 2.51. The van der Waals surface area contributed by atoms with Gasteiger partial charge in [-0.1, -0.05) is 63.9 Å². The standard InChI is InChI=1S/C15H23Cl/c1-4-8-12(2)11-13(3)15(16)14-9-6-5-7-10-14/h5-7,9-10,12-13,15H,4,8,11H2,1-3H3. The first-order valence-corrected chi connectivity index (χ1v) is 6.77. The fourth-order valence-electron chi connectivity index (χ4n) is 2.33. The highest BCUT2D eigenvalue weighted by Crippen LogP contribution is 2.33. The maximum absolute atomic E-state index is 6.50. The van der Waals surface area contributed by atoms with Crippen molar-refractivity contribution in [2.75, 3.05) is 0 Å². The molecule has 1 aromatic carbocycles. The Morgan fingerprint density at radius 3 is 2.31 bits per heavy atom. The van der Waals surface area contributed by atoms with Crippen LogP contribution in [0.2, 0.25) is 0 Å². The summed E-state index contributed by atoms with van der Waals surface area (Å²) in [6.45, 7) is 6.84. The van der Waals surface area contributed by atoms with Crippen LogP contribution in [0, 0.1) is 11.8 Å². The molecule has 0 fully saturated rings. The molecule has 0 aromatic heterocycles. The first kappa shape index (κ1) is 13.6. The molecule has 1 aromatic rings. The molecule has 1 heteroatoms. The molecule has 0 aliphatic carbocycles. The van der Waals surface area contributed by atoms with Crippen LogP contribution in [0.15, 0.2) is 30.3 Å². The largest absolute Gasteiger partial charge is 0.118 e. The molecule has 3 atom stereocenters. The number of alkyl halides is 1. The van der Waals surface area contributed by atoms with Gasteiger partial charge in [0.15, 0.2) is 0 Å². The van der Waals surface area contributed by atoms with Crippen molar-refractivity contribution in [3.8, 4) is 0 Å². The van der Waals surface area contributed by atoms with E-state index in [4.69, 9.17) is 11.6 Å². The van der Waals surface area contributed by atoms with E-state index in [0.29, 0.717) is 5.92 Å². The van der Waals surface area contributed by atoms with Gasteiger partial charge in [-0.2, -0.15) is 0 Å². The fraction of sp³-hybridized carbons (Fsp3) is 0.600. The summed E-state index contributed by atoms with van der Waals surface area (Å²) in [6.07, 6.45) is 3.80. The molecule has 0 aliphatic heterocycles. The van der Waals surface area contributed by atoms with Crippen LogP contribution in [-0.4, -0.2) is 0 Å². The van der Waals surface area contributed by atoms with Gasteiger partial charge in [0.1, 0.15) is 0 Å². The molecule has 0 saturated carbocycles. The molecule has 0 spiro atoms. The van der Waals surface area contributed by atoms with Gasteiger partial charge in [0.2, 0.25) is 0 Å². The van der Waals surface area contributed by atoms with Gasteiger partial charge < -0.3 is 0 Å². The molecular formula is C15H23Cl. The van der Waals surface area contributed by atoms with Crippen molar-refractivity contribution in [3.05, 3.63) is 35.9 Å². The van der Waals surface area contributed by atoms with Crippen LogP contribution >= 0.6 is 11.6 Å². The van der Waals surface area contributed by atoms with E-state index in [1.807, 2.05) is 6.07 Å². The van der Waals surface area contributed by atoms with Gasteiger partial charge >= 0.3 is 0 Å². The van der Waals surface area contributed by atoms with E-state index in [1.54, 1.807) is 0 Å². The summed E-state index contributed by atoms with van der Waals surface area (Å²) in [4.78, 5) is 0. The molecule has 0 saturated heterocycles. The van der Waals surface area contributed by atoms with Crippen molar-refractivity contribution in [2.24, 2.45) is 11.8 Å². The van der Waals surface area contributed by atoms with Gasteiger partial charge in [-0.25, -0.2) is 0 Å². The topological polar surface area (TPSA) is 0 Å². The second kappa shape index (κ2) is 6.96. The summed E-state index contributed by atoms with van der Waals surface area (Å²) in [7, 11) is 0. The van der Waals surface area contributed by atoms with Crippen molar-refractivity contribution in [1.82, 2.24) is 0 Å². The van der Waals surface area contributed by atoms with Crippen molar-refractivity contribution < 1.29 is 0 Å². The minimum absolute atomic E-state index is 0.153. The van der Waals surface area contributed by atoms with Crippen molar-refractivity contribution in [1.29, 1.82) is 0 Å². The van der Waals surface area contributed by atoms with Gasteiger partial charge in [0.05, 0.1) is 5.38 Å². The monoisotopic (exact) mass is 238 g/mol. The van der Waals surface area contributed by atoms with Crippen LogP contribution < -0.4 is 0 Å². The number of benzene rings is 1. The van der Waals surface area contributed by atoms with E-state index in [9.17, 15) is 0 Å². The molecule has 0 bridgehead atoms. The molecule has 0 amide bonds. The molecule has 1 rings (SSSR count). The van der Waals surface area contributed by atoms with Gasteiger partial charge in [-0.3, -0.25) is 0 Å². The molecule has 0 N–H and O–H groups in total. The Labute approximate surface area is 105 Å². The quantitative estimate of drug-likeness (QED) is 0.580. The smallest absolute Gasteiger partial charge is 0.0610 e. The van der Waals surface area contributed by atoms with E-state index in [0.717, 1.165) is 5.92 Å². The van der Waals surface area contributed by atoms with E-state index in [-0.39, 0.29) is 5.38 Å². The molecule has 3 unspecified atom stereocenters. The molecule has 0 heterocycles. The first-order chi connectivity index (χ1) is 7.65. The zero-order valence-corrected chi connectivity index (χ0v) is 11.4. The second-order valence-electron chi connectivity index (χ2n) is 4.92. The minimum Gasteiger partial charge on any atom is -0.118 e. The third-order valence-electron chi connectivity index (χ3n) is 3.17. The van der Waals surface area contributed by atoms with Gasteiger partial charge in [-0.05, 0) is 23.8 Å². The lowest BCUT2D eigenvalue weighted by Crippen LogP contribution is -2.09. The van der Waals surface area contributed by atoms with Crippen molar-refractivity contribution >= 4 is 11.6 Å². The van der Waals surface area contributed by atoms with E-state index < -0.39 is 0 Å². The number of hydrogen-bond donors (Lipinski definition) is 0. The summed E-state index contributed by atoms with van der Waals surface area (Å²) >= 11 is 6.50. The summed E-state index contributed by atoms with van der Waals surface area (Å²) in [5.74, 6) is 1.33. The Kier molecular flexibility index (Phi) is 5.90. The molecule has 16 heavy (non-hydrogen) atoms. The molecular weight excluding hydrogens is 216 g/mol. The number of halogens is 1. The molecule has 0 aliphatic rings.